The third-order valence-corrected chi connectivity index (χ3v) is 2.98. The molecule has 0 aromatic heterocycles. The Balaban J connectivity index is 1.88. The Morgan fingerprint density at radius 2 is 1.26 bits per heavy atom. The quantitative estimate of drug-likeness (QED) is 0.729. The van der Waals surface area contributed by atoms with Crippen LogP contribution in [0.2, 0.25) is 0 Å². The van der Waals surface area contributed by atoms with Gasteiger partial charge in [-0.1, -0.05) is 38.1 Å². The van der Waals surface area contributed by atoms with Gasteiger partial charge in [0.25, 0.3) is 0 Å². The fourth-order valence-corrected chi connectivity index (χ4v) is 1.81. The van der Waals surface area contributed by atoms with Gasteiger partial charge in [-0.3, -0.25) is 0 Å². The molecule has 3 heteroatoms. The molecule has 2 rings (SSSR count). The van der Waals surface area contributed by atoms with Gasteiger partial charge in [0.2, 0.25) is 0 Å². The summed E-state index contributed by atoms with van der Waals surface area (Å²) >= 11 is 0. The van der Waals surface area contributed by atoms with E-state index in [-0.39, 0.29) is 0 Å². The molecule has 0 saturated heterocycles. The lowest BCUT2D eigenvalue weighted by atomic mass is 10.1. The third kappa shape index (κ3) is 4.06. The van der Waals surface area contributed by atoms with Crippen LogP contribution in [0.25, 0.3) is 0 Å². The Kier molecular flexibility index (Phi) is 4.90. The van der Waals surface area contributed by atoms with Gasteiger partial charge in [0.1, 0.15) is 11.5 Å². The minimum absolute atomic E-state index is 0.797. The van der Waals surface area contributed by atoms with Crippen LogP contribution < -0.4 is 9.31 Å². The fourth-order valence-electron chi connectivity index (χ4n) is 1.81. The second kappa shape index (κ2) is 6.88. The van der Waals surface area contributed by atoms with Gasteiger partial charge in [-0.05, 0) is 48.2 Å². The number of benzene rings is 2. The minimum Gasteiger partial charge on any atom is -0.526 e. The molecule has 0 fully saturated rings. The smallest absolute Gasteiger partial charge is 0.526 e. The molecule has 1 radical (unpaired) electrons. The van der Waals surface area contributed by atoms with E-state index in [9.17, 15) is 0 Å². The molecule has 0 spiro atoms. The van der Waals surface area contributed by atoms with E-state index in [0.29, 0.717) is 0 Å². The standard InChI is InChI=1S/C16H18BO2/c1-3-13-7-5-9-15(11-13)18-17-19-16-10-6-8-14(4-2)12-16/h5-12H,3-4H2,1-2H3. The summed E-state index contributed by atoms with van der Waals surface area (Å²) in [5.41, 5.74) is 2.50. The Labute approximate surface area is 115 Å². The highest BCUT2D eigenvalue weighted by Crippen LogP contribution is 2.15. The maximum atomic E-state index is 5.48. The molecule has 0 aliphatic heterocycles. The number of hydrogen-bond acceptors (Lipinski definition) is 2. The van der Waals surface area contributed by atoms with Crippen molar-refractivity contribution in [2.75, 3.05) is 0 Å². The molecule has 0 aliphatic rings. The molecule has 0 amide bonds. The van der Waals surface area contributed by atoms with Crippen molar-refractivity contribution in [1.29, 1.82) is 0 Å². The molecular weight excluding hydrogens is 235 g/mol. The molecule has 2 aromatic carbocycles. The van der Waals surface area contributed by atoms with Gasteiger partial charge >= 0.3 is 7.69 Å². The van der Waals surface area contributed by atoms with Crippen LogP contribution in [0.4, 0.5) is 0 Å². The lowest BCUT2D eigenvalue weighted by Gasteiger charge is -2.08. The summed E-state index contributed by atoms with van der Waals surface area (Å²) < 4.78 is 11.0. The van der Waals surface area contributed by atoms with Gasteiger partial charge < -0.3 is 9.31 Å². The van der Waals surface area contributed by atoms with Gasteiger partial charge in [0, 0.05) is 0 Å². The van der Waals surface area contributed by atoms with Crippen molar-refractivity contribution in [1.82, 2.24) is 0 Å². The summed E-state index contributed by atoms with van der Waals surface area (Å²) in [5, 5.41) is 0. The maximum Gasteiger partial charge on any atom is 0.658 e. The van der Waals surface area contributed by atoms with Crippen LogP contribution in [0.3, 0.4) is 0 Å². The van der Waals surface area contributed by atoms with Crippen molar-refractivity contribution < 1.29 is 9.31 Å². The second-order valence-corrected chi connectivity index (χ2v) is 4.33. The highest BCUT2D eigenvalue weighted by Gasteiger charge is 2.02. The number of aryl methyl sites for hydroxylation is 2. The van der Waals surface area contributed by atoms with Crippen LogP contribution in [0.15, 0.2) is 48.5 Å². The van der Waals surface area contributed by atoms with Gasteiger partial charge in [0.05, 0.1) is 0 Å². The Morgan fingerprint density at radius 3 is 1.68 bits per heavy atom. The van der Waals surface area contributed by atoms with Crippen molar-refractivity contribution in [3.63, 3.8) is 0 Å². The first kappa shape index (κ1) is 13.5. The van der Waals surface area contributed by atoms with E-state index in [4.69, 9.17) is 9.31 Å². The summed E-state index contributed by atoms with van der Waals surface area (Å²) in [4.78, 5) is 0. The first-order valence-electron chi connectivity index (χ1n) is 6.64. The van der Waals surface area contributed by atoms with Crippen molar-refractivity contribution >= 4 is 7.69 Å². The molecule has 19 heavy (non-hydrogen) atoms. The summed E-state index contributed by atoms with van der Waals surface area (Å²) in [6, 6.07) is 16.0. The van der Waals surface area contributed by atoms with Crippen LogP contribution in [-0.2, 0) is 12.8 Å². The largest absolute Gasteiger partial charge is 0.658 e. The molecular formula is C16H18BO2. The van der Waals surface area contributed by atoms with Gasteiger partial charge in [-0.25, -0.2) is 0 Å². The van der Waals surface area contributed by atoms with Crippen LogP contribution in [0, 0.1) is 0 Å². The SMILES string of the molecule is CCc1cccc(O[B]Oc2cccc(CC)c2)c1. The third-order valence-electron chi connectivity index (χ3n) is 2.98. The number of rotatable bonds is 6. The van der Waals surface area contributed by atoms with Crippen molar-refractivity contribution in [2.45, 2.75) is 26.7 Å². The first-order chi connectivity index (χ1) is 9.31. The molecule has 2 aromatic rings. The predicted molar refractivity (Wildman–Crippen MR) is 78.7 cm³/mol. The summed E-state index contributed by atoms with van der Waals surface area (Å²) in [6.07, 6.45) is 1.99. The molecule has 0 saturated carbocycles. The predicted octanol–water partition coefficient (Wildman–Crippen LogP) is 3.80. The van der Waals surface area contributed by atoms with Crippen molar-refractivity contribution in [3.8, 4) is 11.5 Å². The van der Waals surface area contributed by atoms with Crippen LogP contribution in [-0.4, -0.2) is 7.69 Å². The zero-order chi connectivity index (χ0) is 13.5. The Hall–Kier alpha value is -1.90. The highest BCUT2D eigenvalue weighted by atomic mass is 16.6. The molecule has 97 valence electrons. The molecule has 0 N–H and O–H groups in total. The molecule has 0 bridgehead atoms. The van der Waals surface area contributed by atoms with E-state index in [0.717, 1.165) is 24.3 Å². The van der Waals surface area contributed by atoms with E-state index in [1.165, 1.54) is 18.8 Å². The summed E-state index contributed by atoms with van der Waals surface area (Å²) in [7, 11) is 1.38. The van der Waals surface area contributed by atoms with Crippen LogP contribution >= 0.6 is 0 Å². The molecule has 0 heterocycles. The fraction of sp³-hybridized carbons (Fsp3) is 0.250. The second-order valence-electron chi connectivity index (χ2n) is 4.33. The van der Waals surface area contributed by atoms with E-state index >= 15 is 0 Å². The van der Waals surface area contributed by atoms with E-state index in [1.54, 1.807) is 0 Å². The maximum absolute atomic E-state index is 5.48. The molecule has 2 nitrogen and oxygen atoms in total. The topological polar surface area (TPSA) is 18.5 Å². The van der Waals surface area contributed by atoms with Crippen molar-refractivity contribution in [2.24, 2.45) is 0 Å². The lowest BCUT2D eigenvalue weighted by Crippen LogP contribution is -2.11. The van der Waals surface area contributed by atoms with Gasteiger partial charge in [-0.2, -0.15) is 0 Å². The van der Waals surface area contributed by atoms with Crippen LogP contribution in [0.5, 0.6) is 11.5 Å². The zero-order valence-corrected chi connectivity index (χ0v) is 11.4. The molecule has 0 unspecified atom stereocenters. The van der Waals surface area contributed by atoms with Gasteiger partial charge in [0.15, 0.2) is 0 Å². The number of hydrogen-bond donors (Lipinski definition) is 0. The van der Waals surface area contributed by atoms with E-state index < -0.39 is 0 Å². The monoisotopic (exact) mass is 253 g/mol. The normalized spacial score (nSPS) is 10.0. The minimum atomic E-state index is 0.797. The summed E-state index contributed by atoms with van der Waals surface area (Å²) in [6.45, 7) is 4.24. The zero-order valence-electron chi connectivity index (χ0n) is 11.4. The highest BCUT2D eigenvalue weighted by molar-refractivity contribution is 6.20. The van der Waals surface area contributed by atoms with Gasteiger partial charge in [-0.15, -0.1) is 0 Å². The van der Waals surface area contributed by atoms with E-state index in [2.05, 4.69) is 26.0 Å². The Morgan fingerprint density at radius 1 is 0.789 bits per heavy atom. The average molecular weight is 253 g/mol. The average Bonchev–Trinajstić information content (AvgIpc) is 2.48. The Bertz CT molecular complexity index is 478. The van der Waals surface area contributed by atoms with Crippen molar-refractivity contribution in [3.05, 3.63) is 59.7 Å². The van der Waals surface area contributed by atoms with E-state index in [1.807, 2.05) is 36.4 Å². The molecule has 0 aliphatic carbocycles. The van der Waals surface area contributed by atoms with Crippen LogP contribution in [0.1, 0.15) is 25.0 Å². The first-order valence-corrected chi connectivity index (χ1v) is 6.64. The lowest BCUT2D eigenvalue weighted by molar-refractivity contribution is 0.458. The molecule has 0 atom stereocenters. The summed E-state index contributed by atoms with van der Waals surface area (Å²) in [5.74, 6) is 1.59.